The van der Waals surface area contributed by atoms with Gasteiger partial charge in [0, 0.05) is 0 Å². The van der Waals surface area contributed by atoms with Crippen molar-refractivity contribution in [2.75, 3.05) is 0 Å². The topological polar surface area (TPSA) is 0 Å². The molecule has 0 aromatic carbocycles. The molecular weight excluding hydrogens is 168 g/mol. The molecule has 0 saturated heterocycles. The Kier molecular flexibility index (Phi) is 3.30. The zero-order chi connectivity index (χ0) is 9.97. The maximum Gasteiger partial charge on any atom is -0.0207 e. The molecule has 0 heterocycles. The van der Waals surface area contributed by atoms with Crippen LogP contribution < -0.4 is 0 Å². The van der Waals surface area contributed by atoms with Crippen molar-refractivity contribution < 1.29 is 0 Å². The summed E-state index contributed by atoms with van der Waals surface area (Å²) >= 11 is 0. The van der Waals surface area contributed by atoms with Gasteiger partial charge in [-0.1, -0.05) is 31.4 Å². The molecule has 1 atom stereocenters. The van der Waals surface area contributed by atoms with E-state index < -0.39 is 0 Å². The average Bonchev–Trinajstić information content (AvgIpc) is 2.21. The van der Waals surface area contributed by atoms with Gasteiger partial charge >= 0.3 is 0 Å². The Bertz CT molecular complexity index is 206. The lowest BCUT2D eigenvalue weighted by atomic mass is 9.72. The predicted molar refractivity (Wildman–Crippen MR) is 62.0 cm³/mol. The van der Waals surface area contributed by atoms with Crippen LogP contribution in [0.5, 0.6) is 0 Å². The Morgan fingerprint density at radius 3 is 2.36 bits per heavy atom. The van der Waals surface area contributed by atoms with Crippen molar-refractivity contribution in [1.29, 1.82) is 0 Å². The molecule has 0 nitrogen and oxygen atoms in total. The average molecular weight is 191 g/mol. The van der Waals surface area contributed by atoms with Gasteiger partial charge in [-0.2, -0.15) is 0 Å². The van der Waals surface area contributed by atoms with Gasteiger partial charge in [0.1, 0.15) is 0 Å². The fourth-order valence-corrected chi connectivity index (χ4v) is 2.88. The molecule has 2 rings (SSSR count). The summed E-state index contributed by atoms with van der Waals surface area (Å²) in [5.41, 5.74) is 1.62. The van der Waals surface area contributed by atoms with Gasteiger partial charge in [-0.3, -0.25) is 0 Å². The van der Waals surface area contributed by atoms with E-state index >= 15 is 0 Å². The maximum atomic E-state index is 2.47. The zero-order valence-electron chi connectivity index (χ0n) is 9.68. The van der Waals surface area contributed by atoms with Crippen molar-refractivity contribution in [1.82, 2.24) is 0 Å². The molecule has 0 aliphatic heterocycles. The van der Waals surface area contributed by atoms with E-state index in [1.54, 1.807) is 5.57 Å². The highest BCUT2D eigenvalue weighted by molar-refractivity contribution is 5.10. The molecule has 2 aliphatic rings. The Hall–Kier alpha value is -0.260. The van der Waals surface area contributed by atoms with E-state index in [9.17, 15) is 0 Å². The van der Waals surface area contributed by atoms with Gasteiger partial charge in [-0.05, 0) is 56.8 Å². The van der Waals surface area contributed by atoms with Gasteiger partial charge in [-0.15, -0.1) is 0 Å². The molecule has 0 heteroatoms. The molecule has 0 N–H and O–H groups in total. The van der Waals surface area contributed by atoms with Crippen molar-refractivity contribution >= 4 is 0 Å². The summed E-state index contributed by atoms with van der Waals surface area (Å²) in [4.78, 5) is 0. The highest BCUT2D eigenvalue weighted by Gasteiger charge is 2.26. The largest absolute Gasteiger partial charge is 0.0853 e. The second-order valence-corrected chi connectivity index (χ2v) is 5.36. The second-order valence-electron chi connectivity index (χ2n) is 5.36. The van der Waals surface area contributed by atoms with Crippen LogP contribution in [0.3, 0.4) is 0 Å². The third-order valence-electron chi connectivity index (χ3n) is 4.13. The quantitative estimate of drug-likeness (QED) is 0.535. The highest BCUT2D eigenvalue weighted by atomic mass is 14.3. The molecule has 0 spiro atoms. The summed E-state index contributed by atoms with van der Waals surface area (Å²) in [5.74, 6) is 3.83. The summed E-state index contributed by atoms with van der Waals surface area (Å²) in [6.07, 6.45) is 12.4. The smallest absolute Gasteiger partial charge is 0.0207 e. The van der Waals surface area contributed by atoms with Crippen molar-refractivity contribution in [2.45, 2.75) is 58.8 Å². The van der Waals surface area contributed by atoms with E-state index in [4.69, 9.17) is 0 Å². The van der Waals surface area contributed by atoms with Crippen molar-refractivity contribution in [3.05, 3.63) is 17.6 Å². The van der Waals surface area contributed by atoms with Crippen LogP contribution in [-0.4, -0.2) is 0 Å². The van der Waals surface area contributed by atoms with Crippen LogP contribution in [0.25, 0.3) is 0 Å². The lowest BCUT2D eigenvalue weighted by Crippen LogP contribution is -2.20. The summed E-state index contributed by atoms with van der Waals surface area (Å²) in [5, 5.41) is 0. The summed E-state index contributed by atoms with van der Waals surface area (Å²) in [7, 11) is 0. The molecule has 1 unspecified atom stereocenters. The maximum absolute atomic E-state index is 2.47. The van der Waals surface area contributed by atoms with E-state index in [-0.39, 0.29) is 0 Å². The first kappa shape index (κ1) is 10.3. The fraction of sp³-hybridized carbons (Fsp3) is 0.786. The van der Waals surface area contributed by atoms with Gasteiger partial charge in [-0.25, -0.2) is 0 Å². The van der Waals surface area contributed by atoms with E-state index in [2.05, 4.69) is 19.9 Å². The number of hydrogen-bond donors (Lipinski definition) is 0. The molecule has 1 saturated carbocycles. The first-order valence-electron chi connectivity index (χ1n) is 6.26. The van der Waals surface area contributed by atoms with E-state index in [0.717, 1.165) is 11.8 Å². The number of hydrogen-bond acceptors (Lipinski definition) is 0. The second kappa shape index (κ2) is 4.51. The van der Waals surface area contributed by atoms with E-state index in [0.29, 0.717) is 0 Å². The monoisotopic (exact) mass is 191 g/mol. The fourth-order valence-electron chi connectivity index (χ4n) is 2.88. The number of allylic oxidation sites excluding steroid dienone is 2. The first-order valence-corrected chi connectivity index (χ1v) is 6.26. The molecule has 14 heavy (non-hydrogen) atoms. The van der Waals surface area contributed by atoms with Crippen LogP contribution in [0.15, 0.2) is 11.6 Å². The van der Waals surface area contributed by atoms with Gasteiger partial charge < -0.3 is 0 Å². The molecule has 79 valence electrons. The lowest BCUT2D eigenvalue weighted by Gasteiger charge is -2.33. The molecule has 1 radical (unpaired) electrons. The van der Waals surface area contributed by atoms with E-state index in [1.807, 2.05) is 5.92 Å². The van der Waals surface area contributed by atoms with Gasteiger partial charge in [0.05, 0.1) is 0 Å². The summed E-state index contributed by atoms with van der Waals surface area (Å²) in [6, 6.07) is 0. The first-order chi connectivity index (χ1) is 6.75. The minimum absolute atomic E-state index is 0.950. The van der Waals surface area contributed by atoms with Crippen LogP contribution in [0.4, 0.5) is 0 Å². The van der Waals surface area contributed by atoms with Crippen LogP contribution in [0.1, 0.15) is 58.8 Å². The third kappa shape index (κ3) is 2.40. The van der Waals surface area contributed by atoms with Crippen molar-refractivity contribution in [2.24, 2.45) is 11.8 Å². The molecule has 0 aromatic rings. The molecule has 0 bridgehead atoms. The number of rotatable bonds is 1. The Balaban J connectivity index is 1.84. The van der Waals surface area contributed by atoms with Crippen LogP contribution >= 0.6 is 0 Å². The Morgan fingerprint density at radius 2 is 1.79 bits per heavy atom. The molecule has 1 fully saturated rings. The predicted octanol–water partition coefficient (Wildman–Crippen LogP) is 4.52. The van der Waals surface area contributed by atoms with Gasteiger partial charge in [0.2, 0.25) is 0 Å². The van der Waals surface area contributed by atoms with E-state index in [1.165, 1.54) is 44.9 Å². The standard InChI is InChI=1S/C14H23/c1-11-3-7-13(8-4-11)14-9-5-12(2)6-10-14/h3,12-13H,4-10H2,1-2H3. The minimum Gasteiger partial charge on any atom is -0.0853 e. The molecule has 0 amide bonds. The van der Waals surface area contributed by atoms with Crippen LogP contribution in [0.2, 0.25) is 0 Å². The Labute approximate surface area is 88.8 Å². The van der Waals surface area contributed by atoms with Crippen LogP contribution in [0, 0.1) is 17.8 Å². The normalized spacial score (nSPS) is 31.6. The van der Waals surface area contributed by atoms with Crippen molar-refractivity contribution in [3.8, 4) is 0 Å². The molecular formula is C14H23. The summed E-state index contributed by atoms with van der Waals surface area (Å²) in [6.45, 7) is 4.69. The van der Waals surface area contributed by atoms with Crippen molar-refractivity contribution in [3.63, 3.8) is 0 Å². The molecule has 2 aliphatic carbocycles. The zero-order valence-corrected chi connectivity index (χ0v) is 9.68. The van der Waals surface area contributed by atoms with Gasteiger partial charge in [0.15, 0.2) is 0 Å². The minimum atomic E-state index is 0.950. The third-order valence-corrected chi connectivity index (χ3v) is 4.13. The lowest BCUT2D eigenvalue weighted by molar-refractivity contribution is 0.335. The van der Waals surface area contributed by atoms with Crippen LogP contribution in [-0.2, 0) is 0 Å². The highest BCUT2D eigenvalue weighted by Crippen LogP contribution is 2.40. The summed E-state index contributed by atoms with van der Waals surface area (Å²) < 4.78 is 0. The van der Waals surface area contributed by atoms with Gasteiger partial charge in [0.25, 0.3) is 0 Å². The Morgan fingerprint density at radius 1 is 1.07 bits per heavy atom. The SMILES string of the molecule is CC1=CCC([C]2CCC(C)CC2)CC1. The molecule has 0 aromatic heterocycles.